The number of ketones is 1. The number of piperazine rings is 1. The number of hydrogen-bond donors (Lipinski definition) is 0. The van der Waals surface area contributed by atoms with Gasteiger partial charge in [0.2, 0.25) is 0 Å². The van der Waals surface area contributed by atoms with E-state index in [2.05, 4.69) is 35.0 Å². The zero-order valence-corrected chi connectivity index (χ0v) is 18.1. The average Bonchev–Trinajstić information content (AvgIpc) is 3.07. The van der Waals surface area contributed by atoms with Gasteiger partial charge in [-0.05, 0) is 61.4 Å². The van der Waals surface area contributed by atoms with Gasteiger partial charge in [-0.1, -0.05) is 17.7 Å². The Morgan fingerprint density at radius 3 is 2.63 bits per heavy atom. The second kappa shape index (κ2) is 7.56. The van der Waals surface area contributed by atoms with Crippen molar-refractivity contribution in [2.75, 3.05) is 38.1 Å². The summed E-state index contributed by atoms with van der Waals surface area (Å²) < 4.78 is 1.91. The predicted octanol–water partition coefficient (Wildman–Crippen LogP) is 4.10. The van der Waals surface area contributed by atoms with Crippen LogP contribution >= 0.6 is 11.6 Å². The summed E-state index contributed by atoms with van der Waals surface area (Å²) in [5, 5.41) is 0.659. The molecule has 6 heteroatoms. The first kappa shape index (κ1) is 19.3. The summed E-state index contributed by atoms with van der Waals surface area (Å²) >= 11 is 6.19. The van der Waals surface area contributed by atoms with E-state index in [0.717, 1.165) is 49.4 Å². The fourth-order valence-corrected chi connectivity index (χ4v) is 4.67. The molecular weight excluding hydrogens is 396 g/mol. The summed E-state index contributed by atoms with van der Waals surface area (Å²) in [6.45, 7) is 6.22. The molecule has 1 saturated heterocycles. The van der Waals surface area contributed by atoms with Gasteiger partial charge in [-0.3, -0.25) is 4.79 Å². The monoisotopic (exact) mass is 420 g/mol. The van der Waals surface area contributed by atoms with Crippen molar-refractivity contribution in [2.45, 2.75) is 19.8 Å². The Kier molecular flexibility index (Phi) is 4.88. The van der Waals surface area contributed by atoms with E-state index < -0.39 is 0 Å². The van der Waals surface area contributed by atoms with Crippen LogP contribution < -0.4 is 4.90 Å². The smallest absolute Gasteiger partial charge is 0.165 e. The summed E-state index contributed by atoms with van der Waals surface area (Å²) in [6.07, 6.45) is 7.00. The number of nitrogens with zero attached hydrogens (tertiary/aromatic N) is 4. The third kappa shape index (κ3) is 3.53. The van der Waals surface area contributed by atoms with Crippen molar-refractivity contribution in [1.29, 1.82) is 0 Å². The number of carbonyl (C=O) groups is 1. The van der Waals surface area contributed by atoms with E-state index in [1.54, 1.807) is 0 Å². The fourth-order valence-electron chi connectivity index (χ4n) is 4.40. The Labute approximate surface area is 181 Å². The van der Waals surface area contributed by atoms with E-state index in [9.17, 15) is 4.79 Å². The lowest BCUT2D eigenvalue weighted by atomic mass is 10.0. The Hall–Kier alpha value is -2.63. The highest BCUT2D eigenvalue weighted by molar-refractivity contribution is 6.30. The van der Waals surface area contributed by atoms with E-state index >= 15 is 0 Å². The van der Waals surface area contributed by atoms with Gasteiger partial charge in [0.05, 0.1) is 10.7 Å². The number of aromatic nitrogens is 2. The lowest BCUT2D eigenvalue weighted by Crippen LogP contribution is -2.44. The zero-order valence-electron chi connectivity index (χ0n) is 17.4. The lowest BCUT2D eigenvalue weighted by molar-refractivity contribution is -0.113. The Morgan fingerprint density at radius 1 is 1.03 bits per heavy atom. The number of hydrogen-bond acceptors (Lipinski definition) is 4. The number of Topliss-reactive ketones (excluding diaryl/α,β-unsaturated/α-hetero) is 1. The summed E-state index contributed by atoms with van der Waals surface area (Å²) in [5.41, 5.74) is 6.81. The zero-order chi connectivity index (χ0) is 20.8. The first-order valence-electron chi connectivity index (χ1n) is 10.4. The van der Waals surface area contributed by atoms with Crippen LogP contribution in [0, 0.1) is 6.92 Å². The summed E-state index contributed by atoms with van der Waals surface area (Å²) in [7, 11) is 2.17. The van der Waals surface area contributed by atoms with Crippen molar-refractivity contribution in [2.24, 2.45) is 0 Å². The van der Waals surface area contributed by atoms with Gasteiger partial charge in [0.15, 0.2) is 5.78 Å². The number of allylic oxidation sites excluding steroid dienone is 1. The average molecular weight is 421 g/mol. The van der Waals surface area contributed by atoms with Crippen LogP contribution in [0.25, 0.3) is 17.3 Å². The second-order valence-electron chi connectivity index (χ2n) is 8.35. The molecule has 0 N–H and O–H groups in total. The largest absolute Gasteiger partial charge is 0.369 e. The normalized spacial score (nSPS) is 17.8. The molecule has 0 spiro atoms. The Balaban J connectivity index is 1.52. The molecule has 0 radical (unpaired) electrons. The fraction of sp³-hybridized carbons (Fsp3) is 0.333. The lowest BCUT2D eigenvalue weighted by Gasteiger charge is -2.34. The van der Waals surface area contributed by atoms with Crippen molar-refractivity contribution in [3.8, 4) is 0 Å². The Morgan fingerprint density at radius 2 is 1.83 bits per heavy atom. The molecule has 5 nitrogen and oxygen atoms in total. The van der Waals surface area contributed by atoms with Crippen LogP contribution in [0.4, 0.5) is 5.69 Å². The minimum atomic E-state index is 0.138. The minimum Gasteiger partial charge on any atom is -0.369 e. The molecule has 30 heavy (non-hydrogen) atoms. The molecule has 1 aliphatic heterocycles. The number of anilines is 1. The quantitative estimate of drug-likeness (QED) is 0.625. The van der Waals surface area contributed by atoms with Crippen molar-refractivity contribution >= 4 is 40.4 Å². The van der Waals surface area contributed by atoms with Crippen LogP contribution in [0.1, 0.15) is 28.8 Å². The molecule has 1 aromatic carbocycles. The van der Waals surface area contributed by atoms with Crippen LogP contribution in [0.2, 0.25) is 5.02 Å². The Bertz CT molecular complexity index is 1170. The molecule has 1 fully saturated rings. The van der Waals surface area contributed by atoms with Gasteiger partial charge in [-0.25, -0.2) is 4.98 Å². The first-order valence-corrected chi connectivity index (χ1v) is 10.8. The number of halogens is 1. The number of fused-ring (bicyclic) bond motifs is 2. The van der Waals surface area contributed by atoms with Gasteiger partial charge < -0.3 is 14.2 Å². The number of rotatable bonds is 2. The summed E-state index contributed by atoms with van der Waals surface area (Å²) in [5.74, 6) is 0.138. The van der Waals surface area contributed by atoms with Gasteiger partial charge in [-0.2, -0.15) is 0 Å². The number of imidazole rings is 1. The number of likely N-dealkylation sites (N-methyl/N-ethyl adjacent to an activating group) is 1. The van der Waals surface area contributed by atoms with Crippen LogP contribution in [0.5, 0.6) is 0 Å². The summed E-state index contributed by atoms with van der Waals surface area (Å²) in [4.78, 5) is 22.5. The van der Waals surface area contributed by atoms with Gasteiger partial charge in [0, 0.05) is 56.3 Å². The van der Waals surface area contributed by atoms with Crippen molar-refractivity contribution in [1.82, 2.24) is 14.3 Å². The van der Waals surface area contributed by atoms with Gasteiger partial charge in [0.25, 0.3) is 0 Å². The van der Waals surface area contributed by atoms with Crippen molar-refractivity contribution < 1.29 is 4.79 Å². The maximum absolute atomic E-state index is 13.0. The maximum atomic E-state index is 13.0. The molecule has 0 bridgehead atoms. The van der Waals surface area contributed by atoms with E-state index in [4.69, 9.17) is 16.6 Å². The van der Waals surface area contributed by atoms with Crippen molar-refractivity contribution in [3.63, 3.8) is 0 Å². The minimum absolute atomic E-state index is 0.138. The van der Waals surface area contributed by atoms with Gasteiger partial charge >= 0.3 is 0 Å². The molecule has 2 aliphatic rings. The van der Waals surface area contributed by atoms with E-state index in [0.29, 0.717) is 22.7 Å². The standard InChI is InChI=1S/C24H25ClN4O/c1-16-11-19(25)14-29-15-22(26-24(16)29)21-13-18-3-5-20(12-17(18)4-6-23(21)30)28-9-7-27(2)8-10-28/h3,5,11-15H,4,6-10H2,1-2H3. The molecular formula is C24H25ClN4O. The second-order valence-corrected chi connectivity index (χ2v) is 8.79. The molecule has 5 rings (SSSR count). The van der Waals surface area contributed by atoms with Crippen LogP contribution in [0.15, 0.2) is 36.7 Å². The first-order chi connectivity index (χ1) is 14.5. The van der Waals surface area contributed by atoms with E-state index in [1.165, 1.54) is 11.3 Å². The van der Waals surface area contributed by atoms with Crippen LogP contribution in [0.3, 0.4) is 0 Å². The highest BCUT2D eigenvalue weighted by atomic mass is 35.5. The molecule has 1 aliphatic carbocycles. The molecule has 0 saturated carbocycles. The molecule has 0 unspecified atom stereocenters. The van der Waals surface area contributed by atoms with Crippen molar-refractivity contribution in [3.05, 3.63) is 64.1 Å². The molecule has 0 amide bonds. The third-order valence-corrected chi connectivity index (χ3v) is 6.40. The third-order valence-electron chi connectivity index (χ3n) is 6.19. The van der Waals surface area contributed by atoms with Crippen LogP contribution in [-0.4, -0.2) is 53.3 Å². The molecule has 2 aromatic heterocycles. The molecule has 0 atom stereocenters. The SMILES string of the molecule is Cc1cc(Cl)cn2cc(C3=Cc4ccc(N5CCN(C)CC5)cc4CCC3=O)nc12. The number of carbonyl (C=O) groups excluding carboxylic acids is 1. The topological polar surface area (TPSA) is 40.9 Å². The highest BCUT2D eigenvalue weighted by Gasteiger charge is 2.22. The van der Waals surface area contributed by atoms with Crippen LogP contribution in [-0.2, 0) is 11.2 Å². The predicted molar refractivity (Wildman–Crippen MR) is 122 cm³/mol. The van der Waals surface area contributed by atoms with E-state index in [-0.39, 0.29) is 5.78 Å². The van der Waals surface area contributed by atoms with Gasteiger partial charge in [0.1, 0.15) is 5.65 Å². The highest BCUT2D eigenvalue weighted by Crippen LogP contribution is 2.30. The molecule has 154 valence electrons. The number of pyridine rings is 1. The van der Waals surface area contributed by atoms with Gasteiger partial charge in [-0.15, -0.1) is 0 Å². The molecule has 3 aromatic rings. The number of aryl methyl sites for hydroxylation is 2. The van der Waals surface area contributed by atoms with E-state index in [1.807, 2.05) is 35.9 Å². The molecule has 3 heterocycles. The summed E-state index contributed by atoms with van der Waals surface area (Å²) in [6, 6.07) is 8.49. The maximum Gasteiger partial charge on any atom is 0.165 e. The number of benzene rings is 1.